The molecule has 0 saturated carbocycles. The second-order valence-corrected chi connectivity index (χ2v) is 8.04. The van der Waals surface area contributed by atoms with Gasteiger partial charge in [0.25, 0.3) is 0 Å². The van der Waals surface area contributed by atoms with Gasteiger partial charge >= 0.3 is 12.3 Å². The van der Waals surface area contributed by atoms with Gasteiger partial charge < -0.3 is 4.74 Å². The molecule has 7 heteroatoms. The van der Waals surface area contributed by atoms with Crippen LogP contribution in [0, 0.1) is 0 Å². The molecule has 0 aliphatic rings. The largest absolute Gasteiger partial charge is 0.444 e. The van der Waals surface area contributed by atoms with E-state index in [0.717, 1.165) is 28.6 Å². The smallest absolute Gasteiger partial charge is 0.416 e. The van der Waals surface area contributed by atoms with Crippen LogP contribution in [0.15, 0.2) is 48.5 Å². The number of carbonyl (C=O) groups excluding carboxylic acids is 1. The van der Waals surface area contributed by atoms with Crippen molar-refractivity contribution >= 4 is 22.0 Å². The molecule has 0 aliphatic carbocycles. The van der Waals surface area contributed by atoms with Crippen molar-refractivity contribution < 1.29 is 22.7 Å². The first-order chi connectivity index (χ1) is 13.0. The first-order valence-corrected chi connectivity index (χ1v) is 9.88. The van der Waals surface area contributed by atoms with Crippen LogP contribution < -0.4 is 0 Å². The van der Waals surface area contributed by atoms with Gasteiger partial charge in [0.1, 0.15) is 5.60 Å². The first kappa shape index (κ1) is 22.3. The lowest BCUT2D eigenvalue weighted by Crippen LogP contribution is -2.36. The number of ether oxygens (including phenoxy) is 1. The third-order valence-corrected chi connectivity index (χ3v) is 4.50. The van der Waals surface area contributed by atoms with Crippen molar-refractivity contribution in [2.24, 2.45) is 0 Å². The molecule has 0 atom stereocenters. The Hall–Kier alpha value is -2.02. The molecule has 0 spiro atoms. The Morgan fingerprint density at radius 2 is 1.32 bits per heavy atom. The van der Waals surface area contributed by atoms with Crippen molar-refractivity contribution in [1.29, 1.82) is 0 Å². The van der Waals surface area contributed by atoms with Gasteiger partial charge in [-0.05, 0) is 49.6 Å². The highest BCUT2D eigenvalue weighted by atomic mass is 79.9. The van der Waals surface area contributed by atoms with Crippen LogP contribution in [0.1, 0.15) is 43.0 Å². The molecule has 2 rings (SSSR count). The van der Waals surface area contributed by atoms with Gasteiger partial charge in [0, 0.05) is 18.4 Å². The summed E-state index contributed by atoms with van der Waals surface area (Å²) in [5, 5.41) is 0.731. The number of benzene rings is 2. The van der Waals surface area contributed by atoms with E-state index in [4.69, 9.17) is 4.74 Å². The summed E-state index contributed by atoms with van der Waals surface area (Å²) < 4.78 is 43.7. The first-order valence-electron chi connectivity index (χ1n) is 8.76. The van der Waals surface area contributed by atoms with Crippen molar-refractivity contribution in [3.8, 4) is 0 Å². The number of amides is 1. The highest BCUT2D eigenvalue weighted by molar-refractivity contribution is 9.08. The summed E-state index contributed by atoms with van der Waals surface area (Å²) in [6.07, 6.45) is -4.91. The molecule has 3 nitrogen and oxygen atoms in total. The van der Waals surface area contributed by atoms with E-state index in [1.165, 1.54) is 17.0 Å². The van der Waals surface area contributed by atoms with E-state index >= 15 is 0 Å². The zero-order chi connectivity index (χ0) is 20.9. The topological polar surface area (TPSA) is 29.5 Å². The SMILES string of the molecule is CC(C)(C)OC(=O)N(Cc1ccc(CBr)cc1)Cc1ccc(C(F)(F)F)cc1. The minimum Gasteiger partial charge on any atom is -0.444 e. The van der Waals surface area contributed by atoms with Crippen molar-refractivity contribution in [2.45, 2.75) is 51.0 Å². The molecule has 152 valence electrons. The van der Waals surface area contributed by atoms with Crippen LogP contribution in [0.3, 0.4) is 0 Å². The lowest BCUT2D eigenvalue weighted by atomic mass is 10.1. The van der Waals surface area contributed by atoms with Gasteiger partial charge in [-0.3, -0.25) is 4.90 Å². The summed E-state index contributed by atoms with van der Waals surface area (Å²) in [6.45, 7) is 5.75. The van der Waals surface area contributed by atoms with Crippen LogP contribution in [-0.4, -0.2) is 16.6 Å². The maximum Gasteiger partial charge on any atom is 0.416 e. The van der Waals surface area contributed by atoms with Gasteiger partial charge in [0.05, 0.1) is 5.56 Å². The minimum atomic E-state index is -4.39. The summed E-state index contributed by atoms with van der Waals surface area (Å²) in [6, 6.07) is 12.6. The Morgan fingerprint density at radius 3 is 1.71 bits per heavy atom. The van der Waals surface area contributed by atoms with E-state index in [1.54, 1.807) is 20.8 Å². The number of alkyl halides is 4. The molecule has 2 aromatic carbocycles. The summed E-state index contributed by atoms with van der Waals surface area (Å²) in [4.78, 5) is 14.1. The van der Waals surface area contributed by atoms with E-state index in [1.807, 2.05) is 24.3 Å². The number of hydrogen-bond acceptors (Lipinski definition) is 2. The maximum atomic E-state index is 12.8. The fraction of sp³-hybridized carbons (Fsp3) is 0.381. The third kappa shape index (κ3) is 6.86. The summed E-state index contributed by atoms with van der Waals surface area (Å²) in [5.41, 5.74) is 1.22. The van der Waals surface area contributed by atoms with E-state index in [2.05, 4.69) is 15.9 Å². The zero-order valence-electron chi connectivity index (χ0n) is 16.0. The molecule has 0 unspecified atom stereocenters. The van der Waals surface area contributed by atoms with Crippen LogP contribution in [0.25, 0.3) is 0 Å². The molecule has 0 fully saturated rings. The van der Waals surface area contributed by atoms with Gasteiger partial charge in [-0.2, -0.15) is 13.2 Å². The fourth-order valence-electron chi connectivity index (χ4n) is 2.49. The monoisotopic (exact) mass is 457 g/mol. The standard InChI is InChI=1S/C21H23BrF3NO2/c1-20(2,3)28-19(27)26(13-16-6-4-15(12-22)5-7-16)14-17-8-10-18(11-9-17)21(23,24)25/h4-11H,12-14H2,1-3H3. The Labute approximate surface area is 171 Å². The van der Waals surface area contributed by atoms with E-state index in [9.17, 15) is 18.0 Å². The molecule has 0 saturated heterocycles. The highest BCUT2D eigenvalue weighted by Crippen LogP contribution is 2.29. The minimum absolute atomic E-state index is 0.146. The predicted octanol–water partition coefficient (Wildman–Crippen LogP) is 6.54. The van der Waals surface area contributed by atoms with Crippen molar-refractivity contribution in [2.75, 3.05) is 0 Å². The second kappa shape index (κ2) is 8.99. The van der Waals surface area contributed by atoms with E-state index in [-0.39, 0.29) is 6.54 Å². The van der Waals surface area contributed by atoms with Crippen LogP contribution >= 0.6 is 15.9 Å². The number of hydrogen-bond donors (Lipinski definition) is 0. The van der Waals surface area contributed by atoms with Gasteiger partial charge in [0.2, 0.25) is 0 Å². The highest BCUT2D eigenvalue weighted by Gasteiger charge is 2.30. The van der Waals surface area contributed by atoms with Crippen LogP contribution in [-0.2, 0) is 29.3 Å². The third-order valence-electron chi connectivity index (χ3n) is 3.86. The average Bonchev–Trinajstić information content (AvgIpc) is 2.60. The van der Waals surface area contributed by atoms with E-state index < -0.39 is 23.4 Å². The lowest BCUT2D eigenvalue weighted by Gasteiger charge is -2.27. The molecule has 0 aromatic heterocycles. The average molecular weight is 458 g/mol. The summed E-state index contributed by atoms with van der Waals surface area (Å²) in [7, 11) is 0. The predicted molar refractivity (Wildman–Crippen MR) is 106 cm³/mol. The van der Waals surface area contributed by atoms with Gasteiger partial charge in [0.15, 0.2) is 0 Å². The zero-order valence-corrected chi connectivity index (χ0v) is 17.6. The molecular weight excluding hydrogens is 435 g/mol. The van der Waals surface area contributed by atoms with Gasteiger partial charge in [-0.1, -0.05) is 52.3 Å². The van der Waals surface area contributed by atoms with Gasteiger partial charge in [-0.25, -0.2) is 4.79 Å². The number of carbonyl (C=O) groups is 1. The molecule has 0 aliphatic heterocycles. The normalized spacial score (nSPS) is 12.0. The second-order valence-electron chi connectivity index (χ2n) is 7.48. The summed E-state index contributed by atoms with van der Waals surface area (Å²) >= 11 is 3.39. The Morgan fingerprint density at radius 1 is 0.893 bits per heavy atom. The van der Waals surface area contributed by atoms with Gasteiger partial charge in [-0.15, -0.1) is 0 Å². The number of halogens is 4. The Balaban J connectivity index is 2.20. The molecule has 0 bridgehead atoms. The molecule has 0 heterocycles. The van der Waals surface area contributed by atoms with Crippen molar-refractivity contribution in [3.05, 3.63) is 70.8 Å². The number of nitrogens with zero attached hydrogens (tertiary/aromatic N) is 1. The van der Waals surface area contributed by atoms with E-state index in [0.29, 0.717) is 12.1 Å². The van der Waals surface area contributed by atoms with Crippen LogP contribution in [0.2, 0.25) is 0 Å². The van der Waals surface area contributed by atoms with Crippen LogP contribution in [0.5, 0.6) is 0 Å². The molecular formula is C21H23BrF3NO2. The summed E-state index contributed by atoms with van der Waals surface area (Å²) in [5.74, 6) is 0. The Kier molecular flexibility index (Phi) is 7.15. The molecule has 28 heavy (non-hydrogen) atoms. The van der Waals surface area contributed by atoms with Crippen molar-refractivity contribution in [3.63, 3.8) is 0 Å². The maximum absolute atomic E-state index is 12.8. The fourth-order valence-corrected chi connectivity index (χ4v) is 2.86. The molecule has 0 N–H and O–H groups in total. The molecule has 2 aromatic rings. The lowest BCUT2D eigenvalue weighted by molar-refractivity contribution is -0.137. The quantitative estimate of drug-likeness (QED) is 0.477. The van der Waals surface area contributed by atoms with Crippen LogP contribution in [0.4, 0.5) is 18.0 Å². The van der Waals surface area contributed by atoms with Crippen molar-refractivity contribution in [1.82, 2.24) is 4.90 Å². The number of rotatable bonds is 5. The molecule has 0 radical (unpaired) electrons. The molecule has 1 amide bonds. The Bertz CT molecular complexity index is 781.